The molecule has 0 aliphatic rings. The first-order chi connectivity index (χ1) is 8.49. The van der Waals surface area contributed by atoms with Crippen LogP contribution in [0, 0.1) is 5.92 Å². The van der Waals surface area contributed by atoms with Crippen molar-refractivity contribution >= 4 is 12.0 Å². The van der Waals surface area contributed by atoms with E-state index in [0.29, 0.717) is 13.1 Å². The number of carboxylic acids is 1. The first kappa shape index (κ1) is 16.7. The first-order valence-corrected chi connectivity index (χ1v) is 6.45. The van der Waals surface area contributed by atoms with Crippen molar-refractivity contribution in [3.05, 3.63) is 0 Å². The van der Waals surface area contributed by atoms with Crippen LogP contribution in [0.25, 0.3) is 0 Å². The summed E-state index contributed by atoms with van der Waals surface area (Å²) in [5.74, 6) is -0.901. The smallest absolute Gasteiger partial charge is 0.314 e. The molecule has 0 saturated carbocycles. The molecule has 6 nitrogen and oxygen atoms in total. The van der Waals surface area contributed by atoms with Crippen LogP contribution >= 0.6 is 0 Å². The molecule has 0 aromatic rings. The molecule has 2 amide bonds. The predicted octanol–water partition coefficient (Wildman–Crippen LogP) is 0.738. The zero-order valence-electron chi connectivity index (χ0n) is 11.5. The molecule has 1 atom stereocenters. The van der Waals surface area contributed by atoms with Crippen LogP contribution in [0.1, 0.15) is 27.2 Å². The van der Waals surface area contributed by atoms with Gasteiger partial charge >= 0.3 is 12.0 Å². The van der Waals surface area contributed by atoms with Crippen molar-refractivity contribution in [3.8, 4) is 0 Å². The quantitative estimate of drug-likeness (QED) is 0.570. The number of hydrogen-bond acceptors (Lipinski definition) is 3. The molecular weight excluding hydrogens is 234 g/mol. The third-order valence-corrected chi connectivity index (χ3v) is 2.74. The van der Waals surface area contributed by atoms with Gasteiger partial charge in [-0.2, -0.15) is 0 Å². The monoisotopic (exact) mass is 259 g/mol. The lowest BCUT2D eigenvalue weighted by Crippen LogP contribution is -2.41. The normalized spacial score (nSPS) is 12.2. The van der Waals surface area contributed by atoms with E-state index in [1.165, 1.54) is 0 Å². The first-order valence-electron chi connectivity index (χ1n) is 6.45. The van der Waals surface area contributed by atoms with E-state index in [4.69, 9.17) is 5.11 Å². The van der Waals surface area contributed by atoms with E-state index >= 15 is 0 Å². The Balaban J connectivity index is 3.62. The fraction of sp³-hybridized carbons (Fsp3) is 0.833. The van der Waals surface area contributed by atoms with E-state index in [-0.39, 0.29) is 18.4 Å². The van der Waals surface area contributed by atoms with E-state index in [1.54, 1.807) is 6.92 Å². The van der Waals surface area contributed by atoms with Gasteiger partial charge in [-0.05, 0) is 19.0 Å². The second kappa shape index (κ2) is 9.70. The Kier molecular flexibility index (Phi) is 9.00. The molecule has 0 bridgehead atoms. The maximum absolute atomic E-state index is 11.4. The number of amides is 2. The minimum atomic E-state index is -0.841. The van der Waals surface area contributed by atoms with Gasteiger partial charge in [-0.1, -0.05) is 20.8 Å². The fourth-order valence-corrected chi connectivity index (χ4v) is 1.57. The number of carboxylic acid groups (broad SMARTS) is 1. The average molecular weight is 259 g/mol. The van der Waals surface area contributed by atoms with Crippen molar-refractivity contribution in [2.24, 2.45) is 5.92 Å². The number of likely N-dealkylation sites (N-methyl/N-ethyl adjacent to an activating group) is 1. The second-order valence-corrected chi connectivity index (χ2v) is 4.37. The topological polar surface area (TPSA) is 81.7 Å². The molecule has 1 unspecified atom stereocenters. The molecule has 0 spiro atoms. The molecule has 6 heteroatoms. The highest BCUT2D eigenvalue weighted by Crippen LogP contribution is 1.98. The van der Waals surface area contributed by atoms with Crippen molar-refractivity contribution in [3.63, 3.8) is 0 Å². The molecule has 0 fully saturated rings. The lowest BCUT2D eigenvalue weighted by molar-refractivity contribution is -0.137. The van der Waals surface area contributed by atoms with Crippen LogP contribution < -0.4 is 10.6 Å². The lowest BCUT2D eigenvalue weighted by atomic mass is 10.1. The zero-order chi connectivity index (χ0) is 14.0. The molecule has 0 saturated heterocycles. The van der Waals surface area contributed by atoms with Crippen molar-refractivity contribution in [2.45, 2.75) is 27.2 Å². The third-order valence-electron chi connectivity index (χ3n) is 2.74. The van der Waals surface area contributed by atoms with Gasteiger partial charge in [-0.25, -0.2) is 4.79 Å². The minimum absolute atomic E-state index is 0.0592. The second-order valence-electron chi connectivity index (χ2n) is 4.37. The summed E-state index contributed by atoms with van der Waals surface area (Å²) in [6.45, 7) is 9.69. The van der Waals surface area contributed by atoms with Crippen LogP contribution in [0.3, 0.4) is 0 Å². The highest BCUT2D eigenvalue weighted by molar-refractivity contribution is 5.74. The Morgan fingerprint density at radius 2 is 1.83 bits per heavy atom. The number of aliphatic carboxylic acids is 1. The Morgan fingerprint density at radius 1 is 1.22 bits per heavy atom. The third kappa shape index (κ3) is 8.81. The molecule has 0 rings (SSSR count). The summed E-state index contributed by atoms with van der Waals surface area (Å²) >= 11 is 0. The van der Waals surface area contributed by atoms with Crippen LogP contribution in [0.15, 0.2) is 0 Å². The van der Waals surface area contributed by atoms with E-state index in [1.807, 2.05) is 0 Å². The number of nitrogens with zero attached hydrogens (tertiary/aromatic N) is 1. The predicted molar refractivity (Wildman–Crippen MR) is 70.6 cm³/mol. The van der Waals surface area contributed by atoms with Crippen molar-refractivity contribution in [2.75, 3.05) is 32.7 Å². The Hall–Kier alpha value is -1.30. The van der Waals surface area contributed by atoms with Gasteiger partial charge in [0, 0.05) is 26.1 Å². The van der Waals surface area contributed by atoms with Gasteiger partial charge in [0.25, 0.3) is 0 Å². The molecule has 0 aliphatic heterocycles. The molecule has 0 radical (unpaired) electrons. The number of carbonyl (C=O) groups is 2. The summed E-state index contributed by atoms with van der Waals surface area (Å²) in [6.07, 6.45) is 0.0692. The summed E-state index contributed by atoms with van der Waals surface area (Å²) in [5, 5.41) is 14.0. The van der Waals surface area contributed by atoms with Crippen LogP contribution in [-0.2, 0) is 4.79 Å². The van der Waals surface area contributed by atoms with Gasteiger partial charge in [0.2, 0.25) is 0 Å². The maximum atomic E-state index is 11.4. The van der Waals surface area contributed by atoms with Crippen molar-refractivity contribution < 1.29 is 14.7 Å². The summed E-state index contributed by atoms with van der Waals surface area (Å²) in [5.41, 5.74) is 0. The van der Waals surface area contributed by atoms with Gasteiger partial charge in [0.05, 0.1) is 0 Å². The van der Waals surface area contributed by atoms with Crippen molar-refractivity contribution in [1.29, 1.82) is 0 Å². The summed E-state index contributed by atoms with van der Waals surface area (Å²) in [7, 11) is 0. The van der Waals surface area contributed by atoms with Crippen molar-refractivity contribution in [1.82, 2.24) is 15.5 Å². The van der Waals surface area contributed by atoms with E-state index in [9.17, 15) is 9.59 Å². The van der Waals surface area contributed by atoms with E-state index < -0.39 is 5.97 Å². The number of nitrogens with one attached hydrogen (secondary N) is 2. The molecule has 0 heterocycles. The minimum Gasteiger partial charge on any atom is -0.481 e. The largest absolute Gasteiger partial charge is 0.481 e. The Morgan fingerprint density at radius 3 is 2.33 bits per heavy atom. The molecule has 0 aliphatic carbocycles. The fourth-order valence-electron chi connectivity index (χ4n) is 1.57. The Bertz CT molecular complexity index is 255. The highest BCUT2D eigenvalue weighted by atomic mass is 16.4. The molecule has 0 aromatic heterocycles. The number of hydrogen-bond donors (Lipinski definition) is 3. The number of rotatable bonds is 9. The van der Waals surface area contributed by atoms with Crippen LogP contribution in [-0.4, -0.2) is 54.7 Å². The van der Waals surface area contributed by atoms with Crippen LogP contribution in [0.2, 0.25) is 0 Å². The molecule has 0 aromatic carbocycles. The van der Waals surface area contributed by atoms with Gasteiger partial charge in [-0.3, -0.25) is 4.79 Å². The van der Waals surface area contributed by atoms with E-state index in [2.05, 4.69) is 29.4 Å². The van der Waals surface area contributed by atoms with Crippen LogP contribution in [0.4, 0.5) is 4.79 Å². The number of urea groups is 1. The number of carbonyl (C=O) groups excluding carboxylic acids is 1. The maximum Gasteiger partial charge on any atom is 0.314 e. The summed E-state index contributed by atoms with van der Waals surface area (Å²) in [6, 6.07) is -0.237. The van der Waals surface area contributed by atoms with Crippen LogP contribution in [0.5, 0.6) is 0 Å². The lowest BCUT2D eigenvalue weighted by Gasteiger charge is -2.18. The summed E-state index contributed by atoms with van der Waals surface area (Å²) in [4.78, 5) is 24.1. The van der Waals surface area contributed by atoms with Gasteiger partial charge < -0.3 is 20.6 Å². The SMILES string of the molecule is CCN(CC)CCNC(=O)NCC(C)CC(=O)O. The van der Waals surface area contributed by atoms with Gasteiger partial charge in [0.1, 0.15) is 0 Å². The van der Waals surface area contributed by atoms with Gasteiger partial charge in [0.15, 0.2) is 0 Å². The average Bonchev–Trinajstić information content (AvgIpc) is 2.31. The zero-order valence-corrected chi connectivity index (χ0v) is 11.5. The van der Waals surface area contributed by atoms with E-state index in [0.717, 1.165) is 19.6 Å². The molecule has 106 valence electrons. The highest BCUT2D eigenvalue weighted by Gasteiger charge is 2.09. The van der Waals surface area contributed by atoms with Gasteiger partial charge in [-0.15, -0.1) is 0 Å². The summed E-state index contributed by atoms with van der Waals surface area (Å²) < 4.78 is 0. The molecular formula is C12H25N3O3. The standard InChI is InChI=1S/C12H25N3O3/c1-4-15(5-2)7-6-13-12(18)14-9-10(3)8-11(16)17/h10H,4-9H2,1-3H3,(H,16,17)(H2,13,14,18). The Labute approximate surface area is 109 Å². The molecule has 3 N–H and O–H groups in total. The molecule has 18 heavy (non-hydrogen) atoms.